The predicted octanol–water partition coefficient (Wildman–Crippen LogP) is 5.13. The molecule has 0 aromatic heterocycles. The molecule has 1 atom stereocenters. The lowest BCUT2D eigenvalue weighted by Crippen LogP contribution is -2.27. The zero-order valence-electron chi connectivity index (χ0n) is 15.3. The molecule has 4 nitrogen and oxygen atoms in total. The van der Waals surface area contributed by atoms with E-state index in [4.69, 9.17) is 9.47 Å². The fourth-order valence-electron chi connectivity index (χ4n) is 4.78. The number of carbonyl (C=O) groups is 1. The van der Waals surface area contributed by atoms with Crippen molar-refractivity contribution in [3.05, 3.63) is 77.0 Å². The van der Waals surface area contributed by atoms with E-state index in [0.29, 0.717) is 6.42 Å². The summed E-state index contributed by atoms with van der Waals surface area (Å²) < 4.78 is 11.1. The van der Waals surface area contributed by atoms with E-state index < -0.39 is 0 Å². The minimum atomic E-state index is -0.0975. The van der Waals surface area contributed by atoms with Crippen molar-refractivity contribution in [1.29, 1.82) is 0 Å². The summed E-state index contributed by atoms with van der Waals surface area (Å²) in [4.78, 5) is 13.0. The van der Waals surface area contributed by atoms with Crippen molar-refractivity contribution < 1.29 is 14.3 Å². The lowest BCUT2D eigenvalue weighted by atomic mass is 9.74. The van der Waals surface area contributed by atoms with E-state index in [1.54, 1.807) is 0 Å². The van der Waals surface area contributed by atoms with Crippen LogP contribution in [0.15, 0.2) is 65.9 Å². The molecular formula is C24H19NO3. The van der Waals surface area contributed by atoms with E-state index in [9.17, 15) is 4.79 Å². The van der Waals surface area contributed by atoms with Gasteiger partial charge in [0.25, 0.3) is 0 Å². The molecular weight excluding hydrogens is 350 g/mol. The first-order valence-electron chi connectivity index (χ1n) is 9.74. The molecule has 0 radical (unpaired) electrons. The summed E-state index contributed by atoms with van der Waals surface area (Å²) in [6.07, 6.45) is 2.43. The first-order chi connectivity index (χ1) is 13.8. The summed E-state index contributed by atoms with van der Waals surface area (Å²) in [5.74, 6) is 1.66. The van der Waals surface area contributed by atoms with Crippen LogP contribution in [0.25, 0.3) is 10.8 Å². The smallest absolute Gasteiger partial charge is 0.231 e. The highest BCUT2D eigenvalue weighted by molar-refractivity contribution is 6.04. The molecule has 0 amide bonds. The summed E-state index contributed by atoms with van der Waals surface area (Å²) in [5, 5.41) is 5.94. The third-order valence-electron chi connectivity index (χ3n) is 6.02. The molecule has 1 aliphatic carbocycles. The number of fused-ring (bicyclic) bond motifs is 4. The van der Waals surface area contributed by atoms with E-state index in [-0.39, 0.29) is 18.5 Å². The Morgan fingerprint density at radius 2 is 1.82 bits per heavy atom. The van der Waals surface area contributed by atoms with Crippen molar-refractivity contribution in [2.24, 2.45) is 0 Å². The van der Waals surface area contributed by atoms with Crippen LogP contribution in [0.4, 0.5) is 5.69 Å². The van der Waals surface area contributed by atoms with Gasteiger partial charge in [-0.2, -0.15) is 0 Å². The highest BCUT2D eigenvalue weighted by atomic mass is 16.7. The van der Waals surface area contributed by atoms with Gasteiger partial charge >= 0.3 is 0 Å². The van der Waals surface area contributed by atoms with E-state index in [1.807, 2.05) is 12.1 Å². The Hall–Kier alpha value is -3.27. The fraction of sp³-hybridized carbons (Fsp3) is 0.208. The maximum atomic E-state index is 13.0. The van der Waals surface area contributed by atoms with Gasteiger partial charge in [0.15, 0.2) is 17.3 Å². The van der Waals surface area contributed by atoms with Gasteiger partial charge in [-0.1, -0.05) is 36.4 Å². The average molecular weight is 369 g/mol. The molecule has 1 N–H and O–H groups in total. The van der Waals surface area contributed by atoms with Crippen LogP contribution < -0.4 is 14.8 Å². The molecule has 3 aromatic carbocycles. The van der Waals surface area contributed by atoms with Crippen LogP contribution in [0.1, 0.15) is 36.3 Å². The van der Waals surface area contributed by atoms with E-state index >= 15 is 0 Å². The summed E-state index contributed by atoms with van der Waals surface area (Å²) in [6, 6.07) is 18.7. The molecule has 6 rings (SSSR count). The Morgan fingerprint density at radius 3 is 2.79 bits per heavy atom. The molecule has 3 aliphatic rings. The number of anilines is 1. The van der Waals surface area contributed by atoms with Crippen LogP contribution in [-0.2, 0) is 4.79 Å². The third-order valence-corrected chi connectivity index (χ3v) is 6.02. The number of benzene rings is 3. The van der Waals surface area contributed by atoms with Crippen LogP contribution in [0.2, 0.25) is 0 Å². The highest BCUT2D eigenvalue weighted by Crippen LogP contribution is 2.49. The van der Waals surface area contributed by atoms with Gasteiger partial charge < -0.3 is 14.8 Å². The number of Topliss-reactive ketones (excluding diaryl/α,β-unsaturated/α-hetero) is 1. The van der Waals surface area contributed by atoms with Gasteiger partial charge in [-0.25, -0.2) is 0 Å². The molecule has 28 heavy (non-hydrogen) atoms. The quantitative estimate of drug-likeness (QED) is 0.646. The van der Waals surface area contributed by atoms with Crippen molar-refractivity contribution in [3.63, 3.8) is 0 Å². The maximum Gasteiger partial charge on any atom is 0.231 e. The van der Waals surface area contributed by atoms with Gasteiger partial charge in [0.05, 0.1) is 0 Å². The second-order valence-electron chi connectivity index (χ2n) is 7.59. The number of rotatable bonds is 1. The third kappa shape index (κ3) is 2.21. The topological polar surface area (TPSA) is 47.6 Å². The van der Waals surface area contributed by atoms with Crippen LogP contribution in [0.5, 0.6) is 11.5 Å². The number of hydrogen-bond acceptors (Lipinski definition) is 4. The molecule has 3 aromatic rings. The Bertz CT molecular complexity index is 1180. The highest BCUT2D eigenvalue weighted by Gasteiger charge is 2.36. The molecule has 138 valence electrons. The molecule has 2 aliphatic heterocycles. The Labute approximate surface area is 162 Å². The first-order valence-corrected chi connectivity index (χ1v) is 9.74. The average Bonchev–Trinajstić information content (AvgIpc) is 3.20. The molecule has 0 saturated heterocycles. The van der Waals surface area contributed by atoms with Crippen LogP contribution in [0.3, 0.4) is 0 Å². The van der Waals surface area contributed by atoms with Crippen molar-refractivity contribution in [3.8, 4) is 11.5 Å². The van der Waals surface area contributed by atoms with E-state index in [2.05, 4.69) is 47.8 Å². The normalized spacial score (nSPS) is 20.0. The van der Waals surface area contributed by atoms with Crippen molar-refractivity contribution >= 4 is 22.2 Å². The number of carbonyl (C=O) groups excluding carboxylic acids is 1. The zero-order valence-corrected chi connectivity index (χ0v) is 15.3. The molecule has 0 bridgehead atoms. The lowest BCUT2D eigenvalue weighted by Gasteiger charge is -2.35. The van der Waals surface area contributed by atoms with Gasteiger partial charge in [0.1, 0.15) is 0 Å². The van der Waals surface area contributed by atoms with Gasteiger partial charge in [-0.3, -0.25) is 4.79 Å². The summed E-state index contributed by atoms with van der Waals surface area (Å²) in [5.41, 5.74) is 5.32. The SMILES string of the molecule is O=C1CCCC2=C1[C@H](c1ccc3c(c1)OCO3)c1c(ccc3ccccc13)N2. The zero-order chi connectivity index (χ0) is 18.7. The summed E-state index contributed by atoms with van der Waals surface area (Å²) in [7, 11) is 0. The number of allylic oxidation sites excluding steroid dienone is 2. The van der Waals surface area contributed by atoms with Crippen LogP contribution >= 0.6 is 0 Å². The number of ketones is 1. The Kier molecular flexibility index (Phi) is 3.30. The lowest BCUT2D eigenvalue weighted by molar-refractivity contribution is -0.116. The fourth-order valence-corrected chi connectivity index (χ4v) is 4.78. The molecule has 2 heterocycles. The molecule has 0 saturated carbocycles. The minimum Gasteiger partial charge on any atom is -0.454 e. The van der Waals surface area contributed by atoms with Crippen LogP contribution in [0, 0.1) is 0 Å². The monoisotopic (exact) mass is 369 g/mol. The molecule has 0 spiro atoms. The van der Waals surface area contributed by atoms with Gasteiger partial charge in [-0.15, -0.1) is 0 Å². The first kappa shape index (κ1) is 15.8. The molecule has 4 heteroatoms. The second kappa shape index (κ2) is 5.86. The van der Waals surface area contributed by atoms with Gasteiger partial charge in [0.2, 0.25) is 6.79 Å². The predicted molar refractivity (Wildman–Crippen MR) is 108 cm³/mol. The van der Waals surface area contributed by atoms with Crippen molar-refractivity contribution in [2.45, 2.75) is 25.2 Å². The number of hydrogen-bond donors (Lipinski definition) is 1. The van der Waals surface area contributed by atoms with Crippen molar-refractivity contribution in [1.82, 2.24) is 0 Å². The Morgan fingerprint density at radius 1 is 0.929 bits per heavy atom. The maximum absolute atomic E-state index is 13.0. The number of ether oxygens (including phenoxy) is 2. The van der Waals surface area contributed by atoms with E-state index in [0.717, 1.165) is 46.9 Å². The second-order valence-corrected chi connectivity index (χ2v) is 7.59. The summed E-state index contributed by atoms with van der Waals surface area (Å²) in [6.45, 7) is 0.247. The summed E-state index contributed by atoms with van der Waals surface area (Å²) >= 11 is 0. The van der Waals surface area contributed by atoms with Crippen LogP contribution in [-0.4, -0.2) is 12.6 Å². The Balaban J connectivity index is 1.65. The molecule has 0 fully saturated rings. The largest absolute Gasteiger partial charge is 0.454 e. The minimum absolute atomic E-state index is 0.0975. The van der Waals surface area contributed by atoms with Gasteiger partial charge in [-0.05, 0) is 52.9 Å². The molecule has 0 unspecified atom stereocenters. The van der Waals surface area contributed by atoms with E-state index in [1.165, 1.54) is 16.3 Å². The standard InChI is InChI=1S/C24H19NO3/c26-19-7-3-6-17-24(19)22(15-9-11-20-21(12-15)28-13-27-20)23-16-5-2-1-4-14(16)8-10-18(23)25-17/h1-2,4-5,8-12,22,25H,3,6-7,13H2/t22-/m1/s1. The van der Waals surface area contributed by atoms with Crippen molar-refractivity contribution in [2.75, 3.05) is 12.1 Å². The van der Waals surface area contributed by atoms with Gasteiger partial charge in [0, 0.05) is 29.3 Å². The number of nitrogens with one attached hydrogen (secondary N) is 1.